The van der Waals surface area contributed by atoms with E-state index in [0.717, 1.165) is 6.07 Å². The molecule has 0 atom stereocenters. The van der Waals surface area contributed by atoms with Gasteiger partial charge in [-0.05, 0) is 6.07 Å². The zero-order chi connectivity index (χ0) is 20.3. The first-order chi connectivity index (χ1) is 11.7. The molecule has 2 rings (SSSR count). The predicted molar refractivity (Wildman–Crippen MR) is 79.6 cm³/mol. The Hall–Kier alpha value is -2.34. The van der Waals surface area contributed by atoms with E-state index in [1.165, 1.54) is 0 Å². The summed E-state index contributed by atoms with van der Waals surface area (Å²) >= 11 is 10.5. The number of alkyl halides is 6. The summed E-state index contributed by atoms with van der Waals surface area (Å²) < 4.78 is 72.1. The largest absolute Gasteiger partial charge is 0.418 e. The third kappa shape index (κ3) is 5.88. The molecule has 0 radical (unpaired) electrons. The van der Waals surface area contributed by atoms with Crippen LogP contribution in [0.4, 0.5) is 37.7 Å². The van der Waals surface area contributed by atoms with Crippen LogP contribution in [0.3, 0.4) is 0 Å². The standard InChI is InChI=1S/C6H2ClF3N2O2.C6H4ClF3N2/c7-5-4(12(13)14)1-3(2-11-5)6(8,9)10;7-5-4(11)1-3(2-12-5)6(8,9)10/h1-2H;1-2H,11H2. The lowest BCUT2D eigenvalue weighted by atomic mass is 10.2. The third-order valence-electron chi connectivity index (χ3n) is 2.54. The zero-order valence-electron chi connectivity index (χ0n) is 12.1. The monoisotopic (exact) mass is 422 g/mol. The van der Waals surface area contributed by atoms with Crippen molar-refractivity contribution in [3.05, 3.63) is 56.1 Å². The maximum Gasteiger partial charge on any atom is 0.418 e. The van der Waals surface area contributed by atoms with Crippen LogP contribution in [0.25, 0.3) is 0 Å². The first-order valence-corrected chi connectivity index (χ1v) is 6.84. The molecule has 6 nitrogen and oxygen atoms in total. The van der Waals surface area contributed by atoms with Crippen molar-refractivity contribution in [2.75, 3.05) is 5.73 Å². The van der Waals surface area contributed by atoms with Crippen LogP contribution >= 0.6 is 23.2 Å². The van der Waals surface area contributed by atoms with Gasteiger partial charge in [-0.25, -0.2) is 9.97 Å². The van der Waals surface area contributed by atoms with E-state index in [1.807, 2.05) is 0 Å². The second-order valence-electron chi connectivity index (χ2n) is 4.39. The van der Waals surface area contributed by atoms with Gasteiger partial charge in [0.1, 0.15) is 0 Å². The van der Waals surface area contributed by atoms with Gasteiger partial charge in [0.25, 0.3) is 0 Å². The van der Waals surface area contributed by atoms with E-state index >= 15 is 0 Å². The van der Waals surface area contributed by atoms with E-state index in [2.05, 4.69) is 9.97 Å². The van der Waals surface area contributed by atoms with Crippen molar-refractivity contribution in [3.63, 3.8) is 0 Å². The Morgan fingerprint density at radius 3 is 1.73 bits per heavy atom. The lowest BCUT2D eigenvalue weighted by Gasteiger charge is -2.06. The molecule has 0 saturated heterocycles. The van der Waals surface area contributed by atoms with Crippen LogP contribution in [-0.4, -0.2) is 14.9 Å². The molecule has 0 fully saturated rings. The van der Waals surface area contributed by atoms with E-state index in [0.29, 0.717) is 18.5 Å². The number of rotatable bonds is 1. The molecule has 142 valence electrons. The number of nitrogens with two attached hydrogens (primary N) is 1. The molecule has 0 aliphatic carbocycles. The summed E-state index contributed by atoms with van der Waals surface area (Å²) in [6, 6.07) is 1.09. The first kappa shape index (κ1) is 21.7. The molecule has 2 N–H and O–H groups in total. The number of pyridine rings is 2. The fraction of sp³-hybridized carbons (Fsp3) is 0.167. The maximum atomic E-state index is 12.1. The molecule has 0 spiro atoms. The molecule has 0 aromatic carbocycles. The molecule has 0 bridgehead atoms. The van der Waals surface area contributed by atoms with Crippen LogP contribution in [0.5, 0.6) is 0 Å². The Morgan fingerprint density at radius 2 is 1.35 bits per heavy atom. The lowest BCUT2D eigenvalue weighted by Crippen LogP contribution is -2.06. The molecular weight excluding hydrogens is 417 g/mol. The minimum absolute atomic E-state index is 0.122. The average molecular weight is 423 g/mol. The number of nitrogen functional groups attached to an aromatic ring is 1. The van der Waals surface area contributed by atoms with Gasteiger partial charge in [0.05, 0.1) is 21.7 Å². The van der Waals surface area contributed by atoms with E-state index < -0.39 is 39.2 Å². The molecule has 2 aromatic rings. The minimum Gasteiger partial charge on any atom is -0.396 e. The molecule has 0 aliphatic rings. The topological polar surface area (TPSA) is 94.9 Å². The van der Waals surface area contributed by atoms with Gasteiger partial charge >= 0.3 is 18.0 Å². The van der Waals surface area contributed by atoms with Crippen molar-refractivity contribution < 1.29 is 31.3 Å². The van der Waals surface area contributed by atoms with Gasteiger partial charge in [0.15, 0.2) is 5.15 Å². The van der Waals surface area contributed by atoms with E-state index in [-0.39, 0.29) is 10.8 Å². The van der Waals surface area contributed by atoms with Crippen LogP contribution in [0.2, 0.25) is 10.3 Å². The van der Waals surface area contributed by atoms with Crippen LogP contribution in [0, 0.1) is 10.1 Å². The summed E-state index contributed by atoms with van der Waals surface area (Å²) in [5.41, 5.74) is 1.99. The Balaban J connectivity index is 0.000000263. The number of aromatic nitrogens is 2. The predicted octanol–water partition coefficient (Wildman–Crippen LogP) is 5.00. The van der Waals surface area contributed by atoms with Gasteiger partial charge in [-0.1, -0.05) is 23.2 Å². The van der Waals surface area contributed by atoms with Crippen LogP contribution in [-0.2, 0) is 12.4 Å². The van der Waals surface area contributed by atoms with Gasteiger partial charge in [-0.15, -0.1) is 0 Å². The van der Waals surface area contributed by atoms with Gasteiger partial charge in [0.2, 0.25) is 5.15 Å². The smallest absolute Gasteiger partial charge is 0.396 e. The highest BCUT2D eigenvalue weighted by Gasteiger charge is 2.33. The zero-order valence-corrected chi connectivity index (χ0v) is 13.6. The van der Waals surface area contributed by atoms with Gasteiger partial charge in [-0.2, -0.15) is 26.3 Å². The normalized spacial score (nSPS) is 11.5. The summed E-state index contributed by atoms with van der Waals surface area (Å²) in [6.45, 7) is 0. The van der Waals surface area contributed by atoms with Crippen molar-refractivity contribution in [3.8, 4) is 0 Å². The summed E-state index contributed by atoms with van der Waals surface area (Å²) in [5.74, 6) is 0. The van der Waals surface area contributed by atoms with Gasteiger partial charge < -0.3 is 5.73 Å². The second kappa shape index (κ2) is 7.91. The molecular formula is C12H6Cl2F6N4O2. The SMILES string of the molecule is Nc1cc(C(F)(F)F)cnc1Cl.O=[N+]([O-])c1cc(C(F)(F)F)cnc1Cl. The van der Waals surface area contributed by atoms with Crippen molar-refractivity contribution in [2.24, 2.45) is 0 Å². The van der Waals surface area contributed by atoms with E-state index in [1.54, 1.807) is 0 Å². The Bertz CT molecular complexity index is 813. The number of nitro groups is 1. The summed E-state index contributed by atoms with van der Waals surface area (Å²) in [7, 11) is 0. The molecule has 2 aromatic heterocycles. The number of anilines is 1. The third-order valence-corrected chi connectivity index (χ3v) is 3.15. The highest BCUT2D eigenvalue weighted by atomic mass is 35.5. The van der Waals surface area contributed by atoms with Gasteiger partial charge in [-0.3, -0.25) is 10.1 Å². The van der Waals surface area contributed by atoms with Crippen molar-refractivity contribution in [1.82, 2.24) is 9.97 Å². The van der Waals surface area contributed by atoms with Gasteiger partial charge in [0, 0.05) is 18.5 Å². The fourth-order valence-electron chi connectivity index (χ4n) is 1.34. The number of nitrogens with zero attached hydrogens (tertiary/aromatic N) is 3. The highest BCUT2D eigenvalue weighted by Crippen LogP contribution is 2.33. The molecule has 0 unspecified atom stereocenters. The first-order valence-electron chi connectivity index (χ1n) is 6.08. The van der Waals surface area contributed by atoms with Crippen LogP contribution < -0.4 is 5.73 Å². The van der Waals surface area contributed by atoms with E-state index in [9.17, 15) is 36.5 Å². The fourth-order valence-corrected chi connectivity index (χ4v) is 1.62. The molecule has 0 aliphatic heterocycles. The van der Waals surface area contributed by atoms with E-state index in [4.69, 9.17) is 28.9 Å². The van der Waals surface area contributed by atoms with Crippen molar-refractivity contribution in [2.45, 2.75) is 12.4 Å². The number of hydrogen-bond donors (Lipinski definition) is 1. The Labute approximate surface area is 150 Å². The average Bonchev–Trinajstić information content (AvgIpc) is 2.48. The summed E-state index contributed by atoms with van der Waals surface area (Å²) in [5, 5.41) is 9.53. The minimum atomic E-state index is -4.66. The van der Waals surface area contributed by atoms with Crippen molar-refractivity contribution >= 4 is 34.6 Å². The molecule has 14 heteroatoms. The molecule has 0 amide bonds. The number of halogens is 8. The Kier molecular flexibility index (Phi) is 6.60. The lowest BCUT2D eigenvalue weighted by molar-refractivity contribution is -0.385. The second-order valence-corrected chi connectivity index (χ2v) is 5.11. The molecule has 26 heavy (non-hydrogen) atoms. The maximum absolute atomic E-state index is 12.1. The summed E-state index contributed by atoms with van der Waals surface area (Å²) in [4.78, 5) is 15.5. The quantitative estimate of drug-likeness (QED) is 0.302. The number of hydrogen-bond acceptors (Lipinski definition) is 5. The van der Waals surface area contributed by atoms with Crippen LogP contribution in [0.15, 0.2) is 24.5 Å². The Morgan fingerprint density at radius 1 is 0.923 bits per heavy atom. The summed E-state index contributed by atoms with van der Waals surface area (Å²) in [6.07, 6.45) is -8.01. The molecule has 2 heterocycles. The molecule has 0 saturated carbocycles. The highest BCUT2D eigenvalue weighted by molar-refractivity contribution is 6.31. The van der Waals surface area contributed by atoms with Crippen molar-refractivity contribution in [1.29, 1.82) is 0 Å². The van der Waals surface area contributed by atoms with Crippen LogP contribution in [0.1, 0.15) is 11.1 Å².